The van der Waals surface area contributed by atoms with Gasteiger partial charge in [0, 0.05) is 17.4 Å². The predicted octanol–water partition coefficient (Wildman–Crippen LogP) is 4.10. The molecule has 4 nitrogen and oxygen atoms in total. The second-order valence-electron chi connectivity index (χ2n) is 5.21. The molecule has 1 aromatic rings. The maximum atomic E-state index is 11.0. The zero-order valence-corrected chi connectivity index (χ0v) is 12.2. The van der Waals surface area contributed by atoms with Gasteiger partial charge in [-0.25, -0.2) is 4.79 Å². The van der Waals surface area contributed by atoms with Crippen molar-refractivity contribution in [1.29, 1.82) is 0 Å². The van der Waals surface area contributed by atoms with Gasteiger partial charge < -0.3 is 10.1 Å². The molecular formula is C15H24N2O2. The summed E-state index contributed by atoms with van der Waals surface area (Å²) in [4.78, 5) is 11.0. The van der Waals surface area contributed by atoms with Crippen LogP contribution in [-0.2, 0) is 4.74 Å². The van der Waals surface area contributed by atoms with Crippen molar-refractivity contribution in [2.24, 2.45) is 5.92 Å². The topological polar surface area (TPSA) is 50.4 Å². The van der Waals surface area contributed by atoms with Crippen molar-refractivity contribution in [2.75, 3.05) is 17.7 Å². The molecule has 1 aromatic carbocycles. The predicted molar refractivity (Wildman–Crippen MR) is 79.6 cm³/mol. The molecule has 0 fully saturated rings. The first-order valence-electron chi connectivity index (χ1n) is 6.73. The maximum absolute atomic E-state index is 11.0. The van der Waals surface area contributed by atoms with E-state index >= 15 is 0 Å². The number of carbonyl (C=O) groups excluding carboxylic acids is 1. The van der Waals surface area contributed by atoms with Gasteiger partial charge in [-0.2, -0.15) is 0 Å². The highest BCUT2D eigenvalue weighted by Crippen LogP contribution is 2.16. The lowest BCUT2D eigenvalue weighted by Gasteiger charge is -2.16. The molecule has 4 heteroatoms. The quantitative estimate of drug-likeness (QED) is 0.813. The summed E-state index contributed by atoms with van der Waals surface area (Å²) in [5.74, 6) is 0.732. The van der Waals surface area contributed by atoms with Crippen LogP contribution in [0.2, 0.25) is 0 Å². The van der Waals surface area contributed by atoms with Crippen LogP contribution in [0.15, 0.2) is 24.3 Å². The zero-order chi connectivity index (χ0) is 14.3. The fourth-order valence-electron chi connectivity index (χ4n) is 1.76. The number of anilines is 2. The standard InChI is InChI=1S/C15H24N2O2/c1-11(2)5-6-12(3)16-13-7-9-14(10-8-13)17-15(18)19-4/h7-12,16H,5-6H2,1-4H3,(H,17,18). The Balaban J connectivity index is 2.45. The summed E-state index contributed by atoms with van der Waals surface area (Å²) in [5, 5.41) is 6.07. The van der Waals surface area contributed by atoms with E-state index in [1.54, 1.807) is 0 Å². The second kappa shape index (κ2) is 7.67. The Morgan fingerprint density at radius 1 is 1.11 bits per heavy atom. The van der Waals surface area contributed by atoms with Gasteiger partial charge in [-0.3, -0.25) is 5.32 Å². The van der Waals surface area contributed by atoms with Gasteiger partial charge in [0.25, 0.3) is 0 Å². The van der Waals surface area contributed by atoms with Crippen molar-refractivity contribution in [2.45, 2.75) is 39.7 Å². The number of rotatable bonds is 6. The summed E-state index contributed by atoms with van der Waals surface area (Å²) in [5.41, 5.74) is 1.79. The molecule has 0 bridgehead atoms. The zero-order valence-electron chi connectivity index (χ0n) is 12.2. The summed E-state index contributed by atoms with van der Waals surface area (Å²) in [7, 11) is 1.35. The molecule has 0 saturated carbocycles. The number of hydrogen-bond acceptors (Lipinski definition) is 3. The molecule has 1 rings (SSSR count). The van der Waals surface area contributed by atoms with Crippen molar-refractivity contribution < 1.29 is 9.53 Å². The molecule has 0 aliphatic rings. The number of carbonyl (C=O) groups is 1. The largest absolute Gasteiger partial charge is 0.453 e. The van der Waals surface area contributed by atoms with Crippen LogP contribution in [-0.4, -0.2) is 19.2 Å². The van der Waals surface area contributed by atoms with Gasteiger partial charge in [0.1, 0.15) is 0 Å². The van der Waals surface area contributed by atoms with Crippen LogP contribution in [0, 0.1) is 5.92 Å². The van der Waals surface area contributed by atoms with E-state index in [0.717, 1.165) is 23.7 Å². The van der Waals surface area contributed by atoms with Gasteiger partial charge in [-0.05, 0) is 49.9 Å². The molecule has 0 aromatic heterocycles. The summed E-state index contributed by atoms with van der Waals surface area (Å²) >= 11 is 0. The number of benzene rings is 1. The van der Waals surface area contributed by atoms with Gasteiger partial charge >= 0.3 is 6.09 Å². The number of ether oxygens (including phenoxy) is 1. The first kappa shape index (κ1) is 15.3. The number of amides is 1. The van der Waals surface area contributed by atoms with Crippen LogP contribution in [0.4, 0.5) is 16.2 Å². The molecule has 0 aliphatic carbocycles. The Bertz CT molecular complexity index is 388. The number of methoxy groups -OCH3 is 1. The Kier molecular flexibility index (Phi) is 6.19. The smallest absolute Gasteiger partial charge is 0.411 e. The Hall–Kier alpha value is -1.71. The lowest BCUT2D eigenvalue weighted by atomic mass is 10.0. The average Bonchev–Trinajstić information content (AvgIpc) is 2.38. The van der Waals surface area contributed by atoms with Gasteiger partial charge in [0.2, 0.25) is 0 Å². The summed E-state index contributed by atoms with van der Waals surface area (Å²) in [6.45, 7) is 6.66. The third-order valence-electron chi connectivity index (χ3n) is 2.91. The van der Waals surface area contributed by atoms with Crippen LogP contribution in [0.3, 0.4) is 0 Å². The molecule has 1 unspecified atom stereocenters. The van der Waals surface area contributed by atoms with E-state index in [-0.39, 0.29) is 0 Å². The number of nitrogens with one attached hydrogen (secondary N) is 2. The third-order valence-corrected chi connectivity index (χ3v) is 2.91. The van der Waals surface area contributed by atoms with Gasteiger partial charge in [-0.1, -0.05) is 13.8 Å². The first-order chi connectivity index (χ1) is 9.01. The average molecular weight is 264 g/mol. The summed E-state index contributed by atoms with van der Waals surface area (Å²) in [6, 6.07) is 8.07. The van der Waals surface area contributed by atoms with Gasteiger partial charge in [0.15, 0.2) is 0 Å². The van der Waals surface area contributed by atoms with Gasteiger partial charge in [0.05, 0.1) is 7.11 Å². The molecule has 19 heavy (non-hydrogen) atoms. The SMILES string of the molecule is COC(=O)Nc1ccc(NC(C)CCC(C)C)cc1. The summed E-state index contributed by atoms with van der Waals surface area (Å²) in [6.07, 6.45) is 1.92. The maximum Gasteiger partial charge on any atom is 0.411 e. The minimum atomic E-state index is -0.453. The summed E-state index contributed by atoms with van der Waals surface area (Å²) < 4.78 is 4.54. The molecule has 106 valence electrons. The van der Waals surface area contributed by atoms with E-state index in [4.69, 9.17) is 0 Å². The molecule has 0 spiro atoms. The molecule has 2 N–H and O–H groups in total. The van der Waals surface area contributed by atoms with E-state index in [9.17, 15) is 4.79 Å². The highest BCUT2D eigenvalue weighted by molar-refractivity contribution is 5.84. The second-order valence-corrected chi connectivity index (χ2v) is 5.21. The molecular weight excluding hydrogens is 240 g/mol. The minimum Gasteiger partial charge on any atom is -0.453 e. The fraction of sp³-hybridized carbons (Fsp3) is 0.533. The molecule has 1 atom stereocenters. The van der Waals surface area contributed by atoms with Crippen LogP contribution in [0.5, 0.6) is 0 Å². The normalized spacial score (nSPS) is 12.1. The van der Waals surface area contributed by atoms with Crippen molar-refractivity contribution in [3.05, 3.63) is 24.3 Å². The molecule has 0 saturated heterocycles. The van der Waals surface area contributed by atoms with E-state index < -0.39 is 6.09 Å². The molecule has 1 amide bonds. The Labute approximate surface area is 115 Å². The van der Waals surface area contributed by atoms with Crippen LogP contribution in [0.1, 0.15) is 33.6 Å². The van der Waals surface area contributed by atoms with E-state index in [1.807, 2.05) is 24.3 Å². The van der Waals surface area contributed by atoms with Gasteiger partial charge in [-0.15, -0.1) is 0 Å². The lowest BCUT2D eigenvalue weighted by molar-refractivity contribution is 0.187. The molecule has 0 radical (unpaired) electrons. The van der Waals surface area contributed by atoms with Crippen LogP contribution >= 0.6 is 0 Å². The van der Waals surface area contributed by atoms with Crippen molar-refractivity contribution in [3.63, 3.8) is 0 Å². The van der Waals surface area contributed by atoms with Crippen molar-refractivity contribution in [1.82, 2.24) is 0 Å². The van der Waals surface area contributed by atoms with Crippen molar-refractivity contribution >= 4 is 17.5 Å². The monoisotopic (exact) mass is 264 g/mol. The van der Waals surface area contributed by atoms with Crippen molar-refractivity contribution in [3.8, 4) is 0 Å². The first-order valence-corrected chi connectivity index (χ1v) is 6.73. The lowest BCUT2D eigenvalue weighted by Crippen LogP contribution is -2.16. The van der Waals surface area contributed by atoms with E-state index in [1.165, 1.54) is 13.5 Å². The molecule has 0 heterocycles. The van der Waals surface area contributed by atoms with E-state index in [2.05, 4.69) is 36.1 Å². The fourth-order valence-corrected chi connectivity index (χ4v) is 1.76. The number of hydrogen-bond donors (Lipinski definition) is 2. The Morgan fingerprint density at radius 2 is 1.68 bits per heavy atom. The molecule has 0 aliphatic heterocycles. The van der Waals surface area contributed by atoms with E-state index in [0.29, 0.717) is 6.04 Å². The minimum absolute atomic E-state index is 0.446. The Morgan fingerprint density at radius 3 is 2.21 bits per heavy atom. The van der Waals surface area contributed by atoms with Crippen LogP contribution in [0.25, 0.3) is 0 Å². The highest BCUT2D eigenvalue weighted by Gasteiger charge is 2.04. The highest BCUT2D eigenvalue weighted by atomic mass is 16.5. The van der Waals surface area contributed by atoms with Crippen LogP contribution < -0.4 is 10.6 Å². The third kappa shape index (κ3) is 6.13.